The van der Waals surface area contributed by atoms with Gasteiger partial charge in [-0.05, 0) is 23.9 Å². The van der Waals surface area contributed by atoms with Gasteiger partial charge in [0, 0.05) is 4.91 Å². The van der Waals surface area contributed by atoms with Crippen LogP contribution in [0.2, 0.25) is 0 Å². The summed E-state index contributed by atoms with van der Waals surface area (Å²) < 4.78 is 0. The highest BCUT2D eigenvalue weighted by Gasteiger charge is 2.39. The van der Waals surface area contributed by atoms with Gasteiger partial charge in [-0.25, -0.2) is 0 Å². The Morgan fingerprint density at radius 2 is 2.06 bits per heavy atom. The number of hydrogen-bond donors (Lipinski definition) is 1. The van der Waals surface area contributed by atoms with Gasteiger partial charge in [-0.2, -0.15) is 0 Å². The Morgan fingerprint density at radius 1 is 1.31 bits per heavy atom. The summed E-state index contributed by atoms with van der Waals surface area (Å²) in [4.78, 5) is 2.85. The van der Waals surface area contributed by atoms with Crippen molar-refractivity contribution in [3.63, 3.8) is 0 Å². The number of aliphatic hydroxyl groups is 1. The maximum Gasteiger partial charge on any atom is 0.0981 e. The lowest BCUT2D eigenvalue weighted by Crippen LogP contribution is -2.40. The number of hydrogen-bond acceptors (Lipinski definition) is 2. The molecule has 84 valence electrons. The fourth-order valence-corrected chi connectivity index (χ4v) is 2.42. The topological polar surface area (TPSA) is 69.0 Å². The van der Waals surface area contributed by atoms with Crippen LogP contribution in [-0.4, -0.2) is 11.1 Å². The normalized spacial score (nSPS) is 29.4. The molecular formula is C12H15N3O. The Balaban J connectivity index is 2.36. The van der Waals surface area contributed by atoms with E-state index >= 15 is 0 Å². The Hall–Kier alpha value is -1.51. The van der Waals surface area contributed by atoms with E-state index in [1.54, 1.807) is 0 Å². The van der Waals surface area contributed by atoms with Crippen molar-refractivity contribution in [3.05, 3.63) is 46.3 Å². The third-order valence-electron chi connectivity index (χ3n) is 3.30. The molecule has 1 saturated carbocycles. The van der Waals surface area contributed by atoms with Crippen LogP contribution in [0.5, 0.6) is 0 Å². The number of rotatable bonds is 2. The number of azide groups is 1. The van der Waals surface area contributed by atoms with Crippen molar-refractivity contribution in [2.24, 2.45) is 5.11 Å². The predicted molar refractivity (Wildman–Crippen MR) is 61.7 cm³/mol. The SMILES string of the molecule is [N-]=[N+]=N[C@H]1CCCC[C@]1(O)c1ccccc1. The summed E-state index contributed by atoms with van der Waals surface area (Å²) in [5.74, 6) is 0. The van der Waals surface area contributed by atoms with Crippen molar-refractivity contribution >= 4 is 0 Å². The minimum Gasteiger partial charge on any atom is -0.385 e. The van der Waals surface area contributed by atoms with E-state index in [0.717, 1.165) is 24.8 Å². The predicted octanol–water partition coefficient (Wildman–Crippen LogP) is 3.13. The van der Waals surface area contributed by atoms with E-state index in [0.29, 0.717) is 6.42 Å². The fourth-order valence-electron chi connectivity index (χ4n) is 2.42. The van der Waals surface area contributed by atoms with Gasteiger partial charge >= 0.3 is 0 Å². The first-order valence-electron chi connectivity index (χ1n) is 5.59. The molecule has 4 nitrogen and oxygen atoms in total. The van der Waals surface area contributed by atoms with Crippen LogP contribution in [0.15, 0.2) is 35.4 Å². The highest BCUT2D eigenvalue weighted by Crippen LogP contribution is 2.39. The average molecular weight is 217 g/mol. The molecule has 1 aliphatic rings. The fraction of sp³-hybridized carbons (Fsp3) is 0.500. The summed E-state index contributed by atoms with van der Waals surface area (Å²) in [6.07, 6.45) is 3.41. The molecular weight excluding hydrogens is 202 g/mol. The summed E-state index contributed by atoms with van der Waals surface area (Å²) in [7, 11) is 0. The van der Waals surface area contributed by atoms with Gasteiger partial charge in [-0.3, -0.25) is 0 Å². The van der Waals surface area contributed by atoms with Gasteiger partial charge in [0.2, 0.25) is 0 Å². The van der Waals surface area contributed by atoms with Crippen molar-refractivity contribution in [3.8, 4) is 0 Å². The maximum absolute atomic E-state index is 10.7. The zero-order chi connectivity index (χ0) is 11.4. The van der Waals surface area contributed by atoms with Crippen LogP contribution < -0.4 is 0 Å². The molecule has 1 aromatic rings. The van der Waals surface area contributed by atoms with Gasteiger partial charge in [0.1, 0.15) is 0 Å². The van der Waals surface area contributed by atoms with Crippen molar-refractivity contribution in [2.75, 3.05) is 0 Å². The lowest BCUT2D eigenvalue weighted by atomic mass is 9.76. The largest absolute Gasteiger partial charge is 0.385 e. The molecule has 1 fully saturated rings. The number of nitrogens with zero attached hydrogens (tertiary/aromatic N) is 3. The molecule has 0 saturated heterocycles. The van der Waals surface area contributed by atoms with Crippen molar-refractivity contribution in [1.82, 2.24) is 0 Å². The molecule has 0 aliphatic heterocycles. The molecule has 0 heterocycles. The van der Waals surface area contributed by atoms with Gasteiger partial charge in [0.05, 0.1) is 11.6 Å². The molecule has 1 N–H and O–H groups in total. The summed E-state index contributed by atoms with van der Waals surface area (Å²) in [6.45, 7) is 0. The Kier molecular flexibility index (Phi) is 3.13. The van der Waals surface area contributed by atoms with Gasteiger partial charge in [-0.1, -0.05) is 48.3 Å². The molecule has 0 amide bonds. The summed E-state index contributed by atoms with van der Waals surface area (Å²) >= 11 is 0. The van der Waals surface area contributed by atoms with Crippen LogP contribution in [0.3, 0.4) is 0 Å². The smallest absolute Gasteiger partial charge is 0.0981 e. The van der Waals surface area contributed by atoms with Gasteiger partial charge in [-0.15, -0.1) is 0 Å². The molecule has 0 aromatic heterocycles. The molecule has 0 radical (unpaired) electrons. The monoisotopic (exact) mass is 217 g/mol. The van der Waals surface area contributed by atoms with Crippen LogP contribution in [-0.2, 0) is 5.60 Å². The van der Waals surface area contributed by atoms with Gasteiger partial charge < -0.3 is 5.11 Å². The summed E-state index contributed by atoms with van der Waals surface area (Å²) in [5.41, 5.74) is 8.42. The van der Waals surface area contributed by atoms with Crippen LogP contribution in [0.1, 0.15) is 31.2 Å². The first kappa shape index (κ1) is 11.0. The number of benzene rings is 1. The minimum absolute atomic E-state index is 0.339. The van der Waals surface area contributed by atoms with E-state index in [9.17, 15) is 5.11 Å². The molecule has 4 heteroatoms. The quantitative estimate of drug-likeness (QED) is 0.461. The highest BCUT2D eigenvalue weighted by molar-refractivity contribution is 5.25. The maximum atomic E-state index is 10.7. The molecule has 2 atom stereocenters. The van der Waals surface area contributed by atoms with Gasteiger partial charge in [0.15, 0.2) is 0 Å². The average Bonchev–Trinajstić information content (AvgIpc) is 2.34. The minimum atomic E-state index is -0.980. The Labute approximate surface area is 94.5 Å². The van der Waals surface area contributed by atoms with Crippen LogP contribution in [0, 0.1) is 0 Å². The second kappa shape index (κ2) is 4.56. The molecule has 16 heavy (non-hydrogen) atoms. The highest BCUT2D eigenvalue weighted by atomic mass is 16.3. The zero-order valence-corrected chi connectivity index (χ0v) is 9.08. The first-order valence-corrected chi connectivity index (χ1v) is 5.59. The third-order valence-corrected chi connectivity index (χ3v) is 3.30. The molecule has 2 rings (SSSR count). The van der Waals surface area contributed by atoms with Crippen LogP contribution in [0.25, 0.3) is 10.4 Å². The lowest BCUT2D eigenvalue weighted by Gasteiger charge is -2.37. The van der Waals surface area contributed by atoms with E-state index in [1.807, 2.05) is 30.3 Å². The zero-order valence-electron chi connectivity index (χ0n) is 9.08. The van der Waals surface area contributed by atoms with E-state index < -0.39 is 5.60 Å². The molecule has 1 aromatic carbocycles. The lowest BCUT2D eigenvalue weighted by molar-refractivity contribution is -0.0190. The van der Waals surface area contributed by atoms with Gasteiger partial charge in [0.25, 0.3) is 0 Å². The van der Waals surface area contributed by atoms with E-state index in [1.165, 1.54) is 0 Å². The first-order chi connectivity index (χ1) is 7.77. The molecule has 0 bridgehead atoms. The van der Waals surface area contributed by atoms with Crippen LogP contribution >= 0.6 is 0 Å². The third kappa shape index (κ3) is 1.90. The van der Waals surface area contributed by atoms with E-state index in [2.05, 4.69) is 10.0 Å². The molecule has 0 spiro atoms. The summed E-state index contributed by atoms with van der Waals surface area (Å²) in [5, 5.41) is 14.4. The van der Waals surface area contributed by atoms with E-state index in [-0.39, 0.29) is 6.04 Å². The second-order valence-corrected chi connectivity index (χ2v) is 4.26. The van der Waals surface area contributed by atoms with Crippen molar-refractivity contribution < 1.29 is 5.11 Å². The standard InChI is InChI=1S/C12H15N3O/c13-15-14-11-8-4-5-9-12(11,16)10-6-2-1-3-7-10/h1-3,6-7,11,16H,4-5,8-9H2/t11-,12-/m0/s1. The summed E-state index contributed by atoms with van der Waals surface area (Å²) in [6, 6.07) is 9.16. The molecule has 0 unspecified atom stereocenters. The second-order valence-electron chi connectivity index (χ2n) is 4.26. The van der Waals surface area contributed by atoms with E-state index in [4.69, 9.17) is 5.53 Å². The van der Waals surface area contributed by atoms with Crippen molar-refractivity contribution in [1.29, 1.82) is 0 Å². The van der Waals surface area contributed by atoms with Crippen LogP contribution in [0.4, 0.5) is 0 Å². The van der Waals surface area contributed by atoms with Crippen molar-refractivity contribution in [2.45, 2.75) is 37.3 Å². The Bertz CT molecular complexity index is 400. The Morgan fingerprint density at radius 3 is 2.75 bits per heavy atom. The molecule has 1 aliphatic carbocycles.